The smallest absolute Gasteiger partial charge is 0.262 e. The number of carbonyl (C=O) groups is 2. The Balaban J connectivity index is 1.55. The van der Waals surface area contributed by atoms with Crippen LogP contribution in [0.25, 0.3) is 0 Å². The number of anilines is 2. The minimum absolute atomic E-state index is 0.0720. The Morgan fingerprint density at radius 3 is 1.90 bits per heavy atom. The van der Waals surface area contributed by atoms with Gasteiger partial charge in [-0.05, 0) is 67.8 Å². The molecule has 0 fully saturated rings. The van der Waals surface area contributed by atoms with Crippen molar-refractivity contribution in [3.8, 4) is 5.75 Å². The average Bonchev–Trinajstić information content (AvgIpc) is 2.69. The molecule has 2 amide bonds. The number of nitrogens with one attached hydrogen (secondary N) is 2. The molecule has 3 aromatic carbocycles. The van der Waals surface area contributed by atoms with Crippen LogP contribution in [0.4, 0.5) is 11.4 Å². The zero-order valence-electron chi connectivity index (χ0n) is 16.8. The highest BCUT2D eigenvalue weighted by Crippen LogP contribution is 2.22. The largest absolute Gasteiger partial charge is 0.483 e. The van der Waals surface area contributed by atoms with Crippen LogP contribution in [-0.4, -0.2) is 18.4 Å². The van der Waals surface area contributed by atoms with Crippen LogP contribution >= 0.6 is 0 Å². The summed E-state index contributed by atoms with van der Waals surface area (Å²) >= 11 is 0. The second kappa shape index (κ2) is 9.06. The molecule has 0 spiro atoms. The van der Waals surface area contributed by atoms with Crippen molar-refractivity contribution in [3.05, 3.63) is 89.0 Å². The summed E-state index contributed by atoms with van der Waals surface area (Å²) in [4.78, 5) is 24.6. The summed E-state index contributed by atoms with van der Waals surface area (Å²) in [6, 6.07) is 20.2. The van der Waals surface area contributed by atoms with Gasteiger partial charge in [-0.3, -0.25) is 9.59 Å². The molecule has 0 saturated carbocycles. The van der Waals surface area contributed by atoms with Gasteiger partial charge in [0.2, 0.25) is 0 Å². The SMILES string of the molecule is Cc1ccccc1C(=O)Nc1ccc(NC(=O)COc2c(C)cccc2C)cc1. The zero-order chi connectivity index (χ0) is 20.8. The Bertz CT molecular complexity index is 1010. The normalized spacial score (nSPS) is 10.3. The van der Waals surface area contributed by atoms with Crippen molar-refractivity contribution in [1.82, 2.24) is 0 Å². The number of para-hydroxylation sites is 1. The lowest BCUT2D eigenvalue weighted by atomic mass is 10.1. The van der Waals surface area contributed by atoms with Gasteiger partial charge in [0, 0.05) is 16.9 Å². The summed E-state index contributed by atoms with van der Waals surface area (Å²) < 4.78 is 5.67. The molecule has 5 nitrogen and oxygen atoms in total. The van der Waals surface area contributed by atoms with Gasteiger partial charge in [0.15, 0.2) is 6.61 Å². The lowest BCUT2D eigenvalue weighted by Crippen LogP contribution is -2.20. The summed E-state index contributed by atoms with van der Waals surface area (Å²) in [5, 5.41) is 5.66. The van der Waals surface area contributed by atoms with E-state index in [0.29, 0.717) is 16.9 Å². The lowest BCUT2D eigenvalue weighted by molar-refractivity contribution is -0.118. The predicted octanol–water partition coefficient (Wildman–Crippen LogP) is 4.88. The minimum Gasteiger partial charge on any atom is -0.483 e. The van der Waals surface area contributed by atoms with E-state index in [9.17, 15) is 9.59 Å². The molecule has 3 aromatic rings. The summed E-state index contributed by atoms with van der Waals surface area (Å²) in [5.41, 5.74) is 4.82. The van der Waals surface area contributed by atoms with Crippen molar-refractivity contribution in [2.45, 2.75) is 20.8 Å². The van der Waals surface area contributed by atoms with Gasteiger partial charge in [0.1, 0.15) is 5.75 Å². The van der Waals surface area contributed by atoms with E-state index >= 15 is 0 Å². The van der Waals surface area contributed by atoms with Gasteiger partial charge in [-0.1, -0.05) is 36.4 Å². The standard InChI is InChI=1S/C24H24N2O3/c1-16-7-4-5-10-21(16)24(28)26-20-13-11-19(12-14-20)25-22(27)15-29-23-17(2)8-6-9-18(23)3/h4-14H,15H2,1-3H3,(H,25,27)(H,26,28). The Labute approximate surface area is 170 Å². The van der Waals surface area contributed by atoms with Crippen LogP contribution in [0.2, 0.25) is 0 Å². The van der Waals surface area contributed by atoms with E-state index in [4.69, 9.17) is 4.74 Å². The molecular weight excluding hydrogens is 364 g/mol. The maximum atomic E-state index is 12.4. The summed E-state index contributed by atoms with van der Waals surface area (Å²) in [6.07, 6.45) is 0. The molecule has 0 aliphatic carbocycles. The molecule has 0 radical (unpaired) electrons. The number of aryl methyl sites for hydroxylation is 3. The van der Waals surface area contributed by atoms with Crippen LogP contribution in [0.1, 0.15) is 27.0 Å². The van der Waals surface area contributed by atoms with E-state index in [1.165, 1.54) is 0 Å². The maximum absolute atomic E-state index is 12.4. The Hall–Kier alpha value is -3.60. The fourth-order valence-electron chi connectivity index (χ4n) is 3.02. The molecule has 148 valence electrons. The number of ether oxygens (including phenoxy) is 1. The minimum atomic E-state index is -0.246. The van der Waals surface area contributed by atoms with E-state index < -0.39 is 0 Å². The zero-order valence-corrected chi connectivity index (χ0v) is 16.8. The van der Waals surface area contributed by atoms with Gasteiger partial charge < -0.3 is 15.4 Å². The maximum Gasteiger partial charge on any atom is 0.262 e. The van der Waals surface area contributed by atoms with Crippen LogP contribution in [0.5, 0.6) is 5.75 Å². The topological polar surface area (TPSA) is 67.4 Å². The van der Waals surface area contributed by atoms with Crippen molar-refractivity contribution in [2.24, 2.45) is 0 Å². The monoisotopic (exact) mass is 388 g/mol. The van der Waals surface area contributed by atoms with Gasteiger partial charge in [0.05, 0.1) is 0 Å². The van der Waals surface area contributed by atoms with E-state index in [0.717, 1.165) is 22.4 Å². The van der Waals surface area contributed by atoms with E-state index in [1.807, 2.05) is 57.2 Å². The quantitative estimate of drug-likeness (QED) is 0.632. The highest BCUT2D eigenvalue weighted by molar-refractivity contribution is 6.05. The predicted molar refractivity (Wildman–Crippen MR) is 116 cm³/mol. The number of rotatable bonds is 6. The van der Waals surface area contributed by atoms with Gasteiger partial charge in [-0.25, -0.2) is 0 Å². The van der Waals surface area contributed by atoms with Crippen molar-refractivity contribution >= 4 is 23.2 Å². The van der Waals surface area contributed by atoms with Gasteiger partial charge in [-0.15, -0.1) is 0 Å². The fraction of sp³-hybridized carbons (Fsp3) is 0.167. The van der Waals surface area contributed by atoms with E-state index in [-0.39, 0.29) is 18.4 Å². The molecule has 0 aliphatic rings. The average molecular weight is 388 g/mol. The molecule has 0 bridgehead atoms. The van der Waals surface area contributed by atoms with Crippen molar-refractivity contribution in [1.29, 1.82) is 0 Å². The Morgan fingerprint density at radius 1 is 0.724 bits per heavy atom. The molecular formula is C24H24N2O3. The first kappa shape index (κ1) is 20.1. The lowest BCUT2D eigenvalue weighted by Gasteiger charge is -2.12. The van der Waals surface area contributed by atoms with Crippen LogP contribution < -0.4 is 15.4 Å². The molecule has 2 N–H and O–H groups in total. The molecule has 0 heterocycles. The number of carbonyl (C=O) groups excluding carboxylic acids is 2. The number of hydrogen-bond donors (Lipinski definition) is 2. The highest BCUT2D eigenvalue weighted by Gasteiger charge is 2.10. The molecule has 29 heavy (non-hydrogen) atoms. The molecule has 0 atom stereocenters. The number of amides is 2. The molecule has 0 unspecified atom stereocenters. The first-order valence-corrected chi connectivity index (χ1v) is 9.40. The first-order valence-electron chi connectivity index (χ1n) is 9.40. The first-order chi connectivity index (χ1) is 13.9. The second-order valence-corrected chi connectivity index (χ2v) is 6.90. The van der Waals surface area contributed by atoms with Crippen LogP contribution in [-0.2, 0) is 4.79 Å². The number of benzene rings is 3. The van der Waals surface area contributed by atoms with Crippen molar-refractivity contribution < 1.29 is 14.3 Å². The summed E-state index contributed by atoms with van der Waals surface area (Å²) in [6.45, 7) is 5.72. The molecule has 3 rings (SSSR count). The molecule has 5 heteroatoms. The summed E-state index contributed by atoms with van der Waals surface area (Å²) in [7, 11) is 0. The summed E-state index contributed by atoms with van der Waals surface area (Å²) in [5.74, 6) is 0.322. The van der Waals surface area contributed by atoms with Crippen LogP contribution in [0, 0.1) is 20.8 Å². The third-order valence-corrected chi connectivity index (χ3v) is 4.57. The van der Waals surface area contributed by atoms with Crippen LogP contribution in [0.15, 0.2) is 66.7 Å². The van der Waals surface area contributed by atoms with Gasteiger partial charge >= 0.3 is 0 Å². The molecule has 0 aromatic heterocycles. The Morgan fingerprint density at radius 2 is 1.28 bits per heavy atom. The van der Waals surface area contributed by atoms with Crippen LogP contribution in [0.3, 0.4) is 0 Å². The van der Waals surface area contributed by atoms with E-state index in [1.54, 1.807) is 30.3 Å². The van der Waals surface area contributed by atoms with Crippen molar-refractivity contribution in [3.63, 3.8) is 0 Å². The van der Waals surface area contributed by atoms with Gasteiger partial charge in [0.25, 0.3) is 11.8 Å². The van der Waals surface area contributed by atoms with Crippen molar-refractivity contribution in [2.75, 3.05) is 17.2 Å². The van der Waals surface area contributed by atoms with Gasteiger partial charge in [-0.2, -0.15) is 0 Å². The highest BCUT2D eigenvalue weighted by atomic mass is 16.5. The number of hydrogen-bond acceptors (Lipinski definition) is 3. The third-order valence-electron chi connectivity index (χ3n) is 4.57. The molecule has 0 saturated heterocycles. The fourth-order valence-corrected chi connectivity index (χ4v) is 3.02. The third kappa shape index (κ3) is 5.23. The molecule has 0 aliphatic heterocycles. The van der Waals surface area contributed by atoms with E-state index in [2.05, 4.69) is 10.6 Å². The Kier molecular flexibility index (Phi) is 6.29. The second-order valence-electron chi connectivity index (χ2n) is 6.90.